The standard InChI is InChI=1S/C29H27ClN6O3/c1-29(2,3)28(38)35-19-9-5-16(6-10-19)25-23(24-26(31)33-15-34-27(24)36(25)4)17-7-11-21(20(37)13-17)39-22-12-8-18(30)14-32-22/h5-15,37H,1-4H3,(H,35,38)(H2,31,33,34). The molecule has 0 aliphatic rings. The SMILES string of the molecule is Cn1c(-c2ccc(NC(=O)C(C)(C)C)cc2)c(-c2ccc(Oc3ccc(Cl)cn3)c(O)c2)c2c(N)ncnc21. The van der Waals surface area contributed by atoms with E-state index >= 15 is 0 Å². The molecule has 3 aromatic heterocycles. The molecule has 2 aromatic carbocycles. The molecule has 5 rings (SSSR count). The van der Waals surface area contributed by atoms with Crippen molar-refractivity contribution in [2.24, 2.45) is 12.5 Å². The van der Waals surface area contributed by atoms with Crippen LogP contribution >= 0.6 is 11.6 Å². The minimum absolute atomic E-state index is 0.0739. The van der Waals surface area contributed by atoms with Gasteiger partial charge in [-0.05, 0) is 41.5 Å². The molecule has 4 N–H and O–H groups in total. The number of anilines is 2. The van der Waals surface area contributed by atoms with E-state index in [0.29, 0.717) is 39.0 Å². The van der Waals surface area contributed by atoms with Gasteiger partial charge in [0.1, 0.15) is 17.8 Å². The fourth-order valence-electron chi connectivity index (χ4n) is 4.22. The molecule has 0 spiro atoms. The maximum absolute atomic E-state index is 12.4. The van der Waals surface area contributed by atoms with E-state index in [4.69, 9.17) is 22.1 Å². The number of nitrogens with one attached hydrogen (secondary N) is 1. The maximum Gasteiger partial charge on any atom is 0.229 e. The summed E-state index contributed by atoms with van der Waals surface area (Å²) >= 11 is 5.90. The van der Waals surface area contributed by atoms with Crippen LogP contribution in [0.25, 0.3) is 33.4 Å². The Hall–Kier alpha value is -4.63. The predicted molar refractivity (Wildman–Crippen MR) is 153 cm³/mol. The molecule has 0 radical (unpaired) electrons. The first kappa shape index (κ1) is 26.0. The van der Waals surface area contributed by atoms with Crippen molar-refractivity contribution in [2.75, 3.05) is 11.1 Å². The summed E-state index contributed by atoms with van der Waals surface area (Å²) in [6, 6.07) is 15.9. The summed E-state index contributed by atoms with van der Waals surface area (Å²) in [6.45, 7) is 5.59. The number of nitrogens with zero attached hydrogens (tertiary/aromatic N) is 4. The van der Waals surface area contributed by atoms with Gasteiger partial charge in [-0.15, -0.1) is 0 Å². The number of carbonyl (C=O) groups is 1. The summed E-state index contributed by atoms with van der Waals surface area (Å²) in [5.74, 6) is 0.692. The number of aromatic nitrogens is 4. The molecule has 1 amide bonds. The van der Waals surface area contributed by atoms with Crippen LogP contribution in [0.2, 0.25) is 5.02 Å². The van der Waals surface area contributed by atoms with Gasteiger partial charge in [-0.3, -0.25) is 4.79 Å². The second-order valence-electron chi connectivity index (χ2n) is 10.1. The van der Waals surface area contributed by atoms with E-state index in [1.54, 1.807) is 24.3 Å². The molecule has 0 aliphatic heterocycles. The Balaban J connectivity index is 1.59. The lowest BCUT2D eigenvalue weighted by atomic mass is 9.95. The number of fused-ring (bicyclic) bond motifs is 1. The van der Waals surface area contributed by atoms with Crippen LogP contribution in [-0.4, -0.2) is 30.5 Å². The number of pyridine rings is 1. The van der Waals surface area contributed by atoms with Gasteiger partial charge in [0.15, 0.2) is 11.5 Å². The quantitative estimate of drug-likeness (QED) is 0.234. The van der Waals surface area contributed by atoms with Gasteiger partial charge in [0.2, 0.25) is 11.8 Å². The van der Waals surface area contributed by atoms with Gasteiger partial charge in [0, 0.05) is 36.0 Å². The van der Waals surface area contributed by atoms with Crippen LogP contribution in [0.3, 0.4) is 0 Å². The number of phenolic OH excluding ortho intramolecular Hbond substituents is 1. The van der Waals surface area contributed by atoms with E-state index in [-0.39, 0.29) is 17.4 Å². The summed E-state index contributed by atoms with van der Waals surface area (Å²) in [4.78, 5) is 25.2. The molecule has 0 unspecified atom stereocenters. The monoisotopic (exact) mass is 542 g/mol. The predicted octanol–water partition coefficient (Wildman–Crippen LogP) is 6.42. The van der Waals surface area contributed by atoms with Crippen molar-refractivity contribution in [1.29, 1.82) is 0 Å². The first-order chi connectivity index (χ1) is 18.5. The van der Waals surface area contributed by atoms with Crippen LogP contribution in [0.15, 0.2) is 67.1 Å². The first-order valence-corrected chi connectivity index (χ1v) is 12.5. The molecule has 3 heterocycles. The number of phenols is 1. The van der Waals surface area contributed by atoms with E-state index in [1.165, 1.54) is 12.5 Å². The van der Waals surface area contributed by atoms with Gasteiger partial charge in [0.25, 0.3) is 0 Å². The van der Waals surface area contributed by atoms with Crippen molar-refractivity contribution in [3.05, 3.63) is 72.1 Å². The van der Waals surface area contributed by atoms with Gasteiger partial charge in [-0.25, -0.2) is 15.0 Å². The molecule has 39 heavy (non-hydrogen) atoms. The number of halogens is 1. The summed E-state index contributed by atoms with van der Waals surface area (Å²) in [7, 11) is 1.90. The number of amides is 1. The Kier molecular flexibility index (Phi) is 6.61. The van der Waals surface area contributed by atoms with E-state index in [9.17, 15) is 9.90 Å². The lowest BCUT2D eigenvalue weighted by Crippen LogP contribution is -2.27. The zero-order valence-corrected chi connectivity index (χ0v) is 22.6. The van der Waals surface area contributed by atoms with E-state index in [2.05, 4.69) is 20.3 Å². The number of benzene rings is 2. The van der Waals surface area contributed by atoms with Crippen molar-refractivity contribution in [3.8, 4) is 39.8 Å². The van der Waals surface area contributed by atoms with Crippen molar-refractivity contribution in [1.82, 2.24) is 19.5 Å². The second-order valence-corrected chi connectivity index (χ2v) is 10.6. The number of rotatable bonds is 5. The average molecular weight is 543 g/mol. The highest BCUT2D eigenvalue weighted by Crippen LogP contribution is 2.44. The molecule has 198 valence electrons. The molecular weight excluding hydrogens is 516 g/mol. The van der Waals surface area contributed by atoms with Crippen molar-refractivity contribution in [2.45, 2.75) is 20.8 Å². The van der Waals surface area contributed by atoms with Gasteiger partial charge >= 0.3 is 0 Å². The van der Waals surface area contributed by atoms with Crippen LogP contribution in [0, 0.1) is 5.41 Å². The molecule has 0 aliphatic carbocycles. The van der Waals surface area contributed by atoms with Crippen molar-refractivity contribution in [3.63, 3.8) is 0 Å². The highest BCUT2D eigenvalue weighted by atomic mass is 35.5. The van der Waals surface area contributed by atoms with Gasteiger partial charge < -0.3 is 25.5 Å². The lowest BCUT2D eigenvalue weighted by Gasteiger charge is -2.18. The van der Waals surface area contributed by atoms with Gasteiger partial charge in [0.05, 0.1) is 16.1 Å². The molecule has 0 bridgehead atoms. The van der Waals surface area contributed by atoms with Gasteiger partial charge in [-0.2, -0.15) is 0 Å². The number of aryl methyl sites for hydroxylation is 1. The summed E-state index contributed by atoms with van der Waals surface area (Å²) < 4.78 is 7.68. The maximum atomic E-state index is 12.4. The Morgan fingerprint density at radius 2 is 1.74 bits per heavy atom. The van der Waals surface area contributed by atoms with Crippen LogP contribution in [0.4, 0.5) is 11.5 Å². The number of nitrogen functional groups attached to an aromatic ring is 1. The van der Waals surface area contributed by atoms with Crippen LogP contribution < -0.4 is 15.8 Å². The Bertz CT molecular complexity index is 1690. The normalized spacial score (nSPS) is 11.5. The van der Waals surface area contributed by atoms with Crippen LogP contribution in [0.5, 0.6) is 17.4 Å². The number of aromatic hydroxyl groups is 1. The summed E-state index contributed by atoms with van der Waals surface area (Å²) in [6.07, 6.45) is 2.89. The number of hydrogen-bond donors (Lipinski definition) is 3. The minimum atomic E-state index is -0.515. The molecule has 5 aromatic rings. The molecule has 0 atom stereocenters. The highest BCUT2D eigenvalue weighted by Gasteiger charge is 2.24. The Morgan fingerprint density at radius 3 is 2.38 bits per heavy atom. The molecular formula is C29H27ClN6O3. The molecule has 0 fully saturated rings. The lowest BCUT2D eigenvalue weighted by molar-refractivity contribution is -0.123. The van der Waals surface area contributed by atoms with Gasteiger partial charge in [-0.1, -0.05) is 50.6 Å². The third-order valence-corrected chi connectivity index (χ3v) is 6.48. The minimum Gasteiger partial charge on any atom is -0.504 e. The zero-order valence-electron chi connectivity index (χ0n) is 21.9. The van der Waals surface area contributed by atoms with E-state index < -0.39 is 5.41 Å². The third-order valence-electron chi connectivity index (χ3n) is 6.26. The molecule has 10 heteroatoms. The summed E-state index contributed by atoms with van der Waals surface area (Å²) in [5.41, 5.74) is 10.3. The number of hydrogen-bond acceptors (Lipinski definition) is 7. The molecule has 0 saturated carbocycles. The Morgan fingerprint density at radius 1 is 1.03 bits per heavy atom. The van der Waals surface area contributed by atoms with E-state index in [1.807, 2.05) is 62.7 Å². The van der Waals surface area contributed by atoms with E-state index in [0.717, 1.165) is 16.8 Å². The first-order valence-electron chi connectivity index (χ1n) is 12.2. The highest BCUT2D eigenvalue weighted by molar-refractivity contribution is 6.30. The zero-order chi connectivity index (χ0) is 27.9. The largest absolute Gasteiger partial charge is 0.504 e. The Labute approximate surface area is 230 Å². The molecule has 0 saturated heterocycles. The molecule has 9 nitrogen and oxygen atoms in total. The van der Waals surface area contributed by atoms with Crippen molar-refractivity contribution >= 4 is 40.0 Å². The van der Waals surface area contributed by atoms with Crippen LogP contribution in [0.1, 0.15) is 20.8 Å². The number of nitrogens with two attached hydrogens (primary N) is 1. The number of carbonyl (C=O) groups excluding carboxylic acids is 1. The average Bonchev–Trinajstić information content (AvgIpc) is 3.20. The second kappa shape index (κ2) is 9.92. The smallest absolute Gasteiger partial charge is 0.229 e. The fourth-order valence-corrected chi connectivity index (χ4v) is 4.33. The summed E-state index contributed by atoms with van der Waals surface area (Å²) in [5, 5.41) is 15.0. The fraction of sp³-hybridized carbons (Fsp3) is 0.172. The topological polar surface area (TPSA) is 128 Å². The third kappa shape index (κ3) is 5.08. The number of ether oxygens (including phenoxy) is 1. The van der Waals surface area contributed by atoms with Crippen molar-refractivity contribution < 1.29 is 14.6 Å². The van der Waals surface area contributed by atoms with Crippen LogP contribution in [-0.2, 0) is 11.8 Å².